The first-order valence-electron chi connectivity index (χ1n) is 8.03. The van der Waals surface area contributed by atoms with Crippen LogP contribution in [0, 0.1) is 10.1 Å². The van der Waals surface area contributed by atoms with Gasteiger partial charge in [-0.2, -0.15) is 0 Å². The van der Waals surface area contributed by atoms with E-state index in [2.05, 4.69) is 4.98 Å². The molecule has 0 fully saturated rings. The van der Waals surface area contributed by atoms with Crippen molar-refractivity contribution in [2.24, 2.45) is 0 Å². The van der Waals surface area contributed by atoms with Gasteiger partial charge in [0.2, 0.25) is 0 Å². The van der Waals surface area contributed by atoms with E-state index in [1.807, 2.05) is 12.1 Å². The number of pyridine rings is 1. The van der Waals surface area contributed by atoms with Gasteiger partial charge in [-0.25, -0.2) is 0 Å². The minimum absolute atomic E-state index is 0.160. The van der Waals surface area contributed by atoms with Crippen LogP contribution in [0.3, 0.4) is 0 Å². The highest BCUT2D eigenvalue weighted by Gasteiger charge is 2.34. The summed E-state index contributed by atoms with van der Waals surface area (Å²) < 4.78 is 0. The number of hydrogen-bond donors (Lipinski definition) is 0. The molecule has 3 aromatic rings. The Bertz CT molecular complexity index is 1060. The van der Waals surface area contributed by atoms with Gasteiger partial charge in [-0.05, 0) is 23.6 Å². The molecule has 0 saturated carbocycles. The Kier molecular flexibility index (Phi) is 3.69. The number of aromatic nitrogens is 1. The molecule has 128 valence electrons. The number of imide groups is 1. The zero-order valence-corrected chi connectivity index (χ0v) is 13.6. The maximum absolute atomic E-state index is 12.9. The van der Waals surface area contributed by atoms with Gasteiger partial charge in [0, 0.05) is 47.9 Å². The molecule has 0 unspecified atom stereocenters. The van der Waals surface area contributed by atoms with E-state index in [1.54, 1.807) is 30.5 Å². The Morgan fingerprint density at radius 3 is 2.54 bits per heavy atom. The molecule has 0 atom stereocenters. The largest absolute Gasteiger partial charge is 0.274 e. The van der Waals surface area contributed by atoms with E-state index < -0.39 is 16.7 Å². The highest BCUT2D eigenvalue weighted by molar-refractivity contribution is 6.25. The van der Waals surface area contributed by atoms with Crippen LogP contribution in [0.25, 0.3) is 10.8 Å². The number of carbonyl (C=O) groups excluding carboxylic acids is 2. The molecule has 0 N–H and O–H groups in total. The van der Waals surface area contributed by atoms with E-state index in [0.29, 0.717) is 22.8 Å². The third-order valence-electron chi connectivity index (χ3n) is 4.44. The number of benzene rings is 2. The van der Waals surface area contributed by atoms with Crippen LogP contribution < -0.4 is 0 Å². The molecule has 1 aromatic heterocycles. The van der Waals surface area contributed by atoms with Crippen LogP contribution in [0.4, 0.5) is 5.69 Å². The molecule has 26 heavy (non-hydrogen) atoms. The van der Waals surface area contributed by atoms with Gasteiger partial charge in [0.25, 0.3) is 17.5 Å². The first-order valence-corrected chi connectivity index (χ1v) is 8.03. The Balaban J connectivity index is 1.77. The molecule has 0 spiro atoms. The van der Waals surface area contributed by atoms with Crippen LogP contribution in [-0.2, 0) is 6.42 Å². The minimum Gasteiger partial charge on any atom is -0.274 e. The number of carbonyl (C=O) groups is 2. The minimum atomic E-state index is -0.537. The number of nitrogens with zero attached hydrogens (tertiary/aromatic N) is 3. The molecule has 7 heteroatoms. The first kappa shape index (κ1) is 15.9. The van der Waals surface area contributed by atoms with Crippen molar-refractivity contribution < 1.29 is 14.5 Å². The normalized spacial score (nSPS) is 13.3. The predicted octanol–water partition coefficient (Wildman–Crippen LogP) is 2.98. The van der Waals surface area contributed by atoms with E-state index in [0.717, 1.165) is 10.6 Å². The van der Waals surface area contributed by atoms with Crippen LogP contribution in [0.5, 0.6) is 0 Å². The molecular weight excluding hydrogens is 334 g/mol. The van der Waals surface area contributed by atoms with Gasteiger partial charge in [0.15, 0.2) is 0 Å². The van der Waals surface area contributed by atoms with Gasteiger partial charge in [0.1, 0.15) is 0 Å². The SMILES string of the molecule is O=C1c2cccc3cc([N+](=O)[O-])cc(c23)C(=O)N1CCc1ccccn1. The van der Waals surface area contributed by atoms with E-state index in [9.17, 15) is 19.7 Å². The molecule has 1 aliphatic rings. The summed E-state index contributed by atoms with van der Waals surface area (Å²) in [6, 6.07) is 13.0. The topological polar surface area (TPSA) is 93.4 Å². The number of non-ortho nitro benzene ring substituents is 1. The summed E-state index contributed by atoms with van der Waals surface area (Å²) in [6.07, 6.45) is 2.06. The second-order valence-electron chi connectivity index (χ2n) is 5.99. The lowest BCUT2D eigenvalue weighted by Crippen LogP contribution is -2.41. The Hall–Kier alpha value is -3.61. The number of amides is 2. The maximum atomic E-state index is 12.9. The number of rotatable bonds is 4. The molecule has 2 aromatic carbocycles. The summed E-state index contributed by atoms with van der Waals surface area (Å²) >= 11 is 0. The lowest BCUT2D eigenvalue weighted by molar-refractivity contribution is -0.384. The van der Waals surface area contributed by atoms with Crippen LogP contribution in [0.1, 0.15) is 26.4 Å². The molecule has 0 radical (unpaired) electrons. The summed E-state index contributed by atoms with van der Waals surface area (Å²) in [5, 5.41) is 12.2. The summed E-state index contributed by atoms with van der Waals surface area (Å²) in [5.74, 6) is -0.906. The van der Waals surface area contributed by atoms with Gasteiger partial charge in [-0.1, -0.05) is 18.2 Å². The molecule has 2 amide bonds. The maximum Gasteiger partial charge on any atom is 0.270 e. The fourth-order valence-electron chi connectivity index (χ4n) is 3.22. The monoisotopic (exact) mass is 347 g/mol. The van der Waals surface area contributed by atoms with E-state index >= 15 is 0 Å². The summed E-state index contributed by atoms with van der Waals surface area (Å²) in [5.41, 5.74) is 1.16. The molecule has 7 nitrogen and oxygen atoms in total. The quantitative estimate of drug-likeness (QED) is 0.411. The van der Waals surface area contributed by atoms with E-state index in [4.69, 9.17) is 0 Å². The molecule has 0 bridgehead atoms. The molecule has 0 aliphatic carbocycles. The van der Waals surface area contributed by atoms with Gasteiger partial charge in [-0.15, -0.1) is 0 Å². The van der Waals surface area contributed by atoms with Crippen molar-refractivity contribution in [2.45, 2.75) is 6.42 Å². The van der Waals surface area contributed by atoms with Gasteiger partial charge in [0.05, 0.1) is 10.5 Å². The zero-order chi connectivity index (χ0) is 18.3. The molecule has 1 aliphatic heterocycles. The number of nitro groups is 1. The third-order valence-corrected chi connectivity index (χ3v) is 4.44. The average Bonchev–Trinajstić information content (AvgIpc) is 2.66. The van der Waals surface area contributed by atoms with Crippen molar-refractivity contribution in [3.63, 3.8) is 0 Å². The van der Waals surface area contributed by atoms with Crippen LogP contribution in [0.15, 0.2) is 54.7 Å². The fourth-order valence-corrected chi connectivity index (χ4v) is 3.22. The standard InChI is InChI=1S/C19H13N3O4/c23-18-15-6-3-4-12-10-14(22(25)26)11-16(17(12)15)19(24)21(18)9-7-13-5-1-2-8-20-13/h1-6,8,10-11H,7,9H2. The molecule has 0 saturated heterocycles. The number of nitro benzene ring substituents is 1. The van der Waals surface area contributed by atoms with Crippen molar-refractivity contribution >= 4 is 28.3 Å². The highest BCUT2D eigenvalue weighted by atomic mass is 16.6. The number of hydrogen-bond acceptors (Lipinski definition) is 5. The van der Waals surface area contributed by atoms with Gasteiger partial charge >= 0.3 is 0 Å². The highest BCUT2D eigenvalue weighted by Crippen LogP contribution is 2.33. The van der Waals surface area contributed by atoms with Crippen molar-refractivity contribution in [2.75, 3.05) is 6.54 Å². The lowest BCUT2D eigenvalue weighted by atomic mass is 9.93. The molecule has 2 heterocycles. The van der Waals surface area contributed by atoms with Crippen molar-refractivity contribution in [1.29, 1.82) is 0 Å². The van der Waals surface area contributed by atoms with Crippen molar-refractivity contribution in [3.8, 4) is 0 Å². The second-order valence-corrected chi connectivity index (χ2v) is 5.99. The van der Waals surface area contributed by atoms with Crippen molar-refractivity contribution in [3.05, 3.63) is 81.7 Å². The average molecular weight is 347 g/mol. The summed E-state index contributed by atoms with van der Waals surface area (Å²) in [6.45, 7) is 0.160. The fraction of sp³-hybridized carbons (Fsp3) is 0.105. The first-order chi connectivity index (χ1) is 12.6. The Labute approximate surface area is 148 Å². The lowest BCUT2D eigenvalue weighted by Gasteiger charge is -2.27. The molecule has 4 rings (SSSR count). The van der Waals surface area contributed by atoms with E-state index in [1.165, 1.54) is 12.1 Å². The van der Waals surface area contributed by atoms with Crippen molar-refractivity contribution in [1.82, 2.24) is 9.88 Å². The second kappa shape index (κ2) is 6.03. The van der Waals surface area contributed by atoms with E-state index in [-0.39, 0.29) is 17.8 Å². The molecular formula is C19H13N3O4. The summed E-state index contributed by atoms with van der Waals surface area (Å²) in [4.78, 5) is 41.7. The Morgan fingerprint density at radius 1 is 1.00 bits per heavy atom. The third kappa shape index (κ3) is 2.50. The van der Waals surface area contributed by atoms with Crippen LogP contribution in [0.2, 0.25) is 0 Å². The predicted molar refractivity (Wildman–Crippen MR) is 93.9 cm³/mol. The van der Waals surface area contributed by atoms with Gasteiger partial charge in [-0.3, -0.25) is 29.6 Å². The van der Waals surface area contributed by atoms with Gasteiger partial charge < -0.3 is 0 Å². The van der Waals surface area contributed by atoms with Crippen LogP contribution in [-0.4, -0.2) is 33.2 Å². The smallest absolute Gasteiger partial charge is 0.270 e. The Morgan fingerprint density at radius 2 is 1.81 bits per heavy atom. The van der Waals surface area contributed by atoms with Crippen LogP contribution >= 0.6 is 0 Å². The summed E-state index contributed by atoms with van der Waals surface area (Å²) in [7, 11) is 0. The zero-order valence-electron chi connectivity index (χ0n) is 13.6.